The van der Waals surface area contributed by atoms with Crippen molar-refractivity contribution in [2.75, 3.05) is 27.3 Å². The molecular formula is C14H22N4O2S. The topological polar surface area (TPSA) is 48.4 Å². The Bertz CT molecular complexity index is 603. The molecule has 0 amide bonds. The van der Waals surface area contributed by atoms with Crippen molar-refractivity contribution in [3.8, 4) is 11.6 Å². The smallest absolute Gasteiger partial charge is 0.199 e. The summed E-state index contributed by atoms with van der Waals surface area (Å²) < 4.78 is 15.0. The second-order valence-electron chi connectivity index (χ2n) is 4.89. The van der Waals surface area contributed by atoms with Crippen LogP contribution in [-0.2, 0) is 18.0 Å². The zero-order valence-corrected chi connectivity index (χ0v) is 13.6. The summed E-state index contributed by atoms with van der Waals surface area (Å²) in [6.07, 6.45) is 2.63. The lowest BCUT2D eigenvalue weighted by Crippen LogP contribution is -2.24. The van der Waals surface area contributed by atoms with E-state index in [1.54, 1.807) is 13.4 Å². The van der Waals surface area contributed by atoms with Gasteiger partial charge in [-0.15, -0.1) is 5.10 Å². The maximum Gasteiger partial charge on any atom is 0.199 e. The Labute approximate surface area is 129 Å². The molecule has 2 rings (SSSR count). The Morgan fingerprint density at radius 2 is 2.29 bits per heavy atom. The average Bonchev–Trinajstić information content (AvgIpc) is 3.08. The summed E-state index contributed by atoms with van der Waals surface area (Å²) in [7, 11) is 3.77. The van der Waals surface area contributed by atoms with Crippen molar-refractivity contribution in [3.05, 3.63) is 23.2 Å². The summed E-state index contributed by atoms with van der Waals surface area (Å²) in [4.78, 5) is 2.17. The van der Waals surface area contributed by atoms with E-state index in [1.165, 1.54) is 0 Å². The zero-order chi connectivity index (χ0) is 15.2. The number of furan rings is 1. The quantitative estimate of drug-likeness (QED) is 0.554. The number of hydrogen-bond acceptors (Lipinski definition) is 5. The van der Waals surface area contributed by atoms with E-state index in [9.17, 15) is 0 Å². The molecule has 2 aromatic rings. The summed E-state index contributed by atoms with van der Waals surface area (Å²) in [5, 5.41) is 4.60. The van der Waals surface area contributed by atoms with E-state index in [0.29, 0.717) is 11.4 Å². The number of aromatic nitrogens is 3. The SMILES string of the molecule is CCn1c(-c2ccco2)nn(CN(C)CCCOC)c1=S. The normalized spacial score (nSPS) is 11.4. The van der Waals surface area contributed by atoms with Crippen LogP contribution in [0.15, 0.2) is 22.8 Å². The lowest BCUT2D eigenvalue weighted by atomic mass is 10.4. The molecule has 7 heteroatoms. The fourth-order valence-electron chi connectivity index (χ4n) is 2.18. The van der Waals surface area contributed by atoms with Gasteiger partial charge in [0.2, 0.25) is 0 Å². The summed E-state index contributed by atoms with van der Waals surface area (Å²) in [6.45, 7) is 5.17. The Balaban J connectivity index is 2.16. The molecule has 0 saturated carbocycles. The van der Waals surface area contributed by atoms with Gasteiger partial charge < -0.3 is 9.15 Å². The summed E-state index contributed by atoms with van der Waals surface area (Å²) in [5.41, 5.74) is 0. The van der Waals surface area contributed by atoms with Crippen molar-refractivity contribution in [3.63, 3.8) is 0 Å². The highest BCUT2D eigenvalue weighted by Gasteiger charge is 2.14. The maximum atomic E-state index is 5.51. The van der Waals surface area contributed by atoms with Crippen molar-refractivity contribution in [2.45, 2.75) is 26.6 Å². The fraction of sp³-hybridized carbons (Fsp3) is 0.571. The van der Waals surface area contributed by atoms with Crippen molar-refractivity contribution in [2.24, 2.45) is 0 Å². The molecular weight excluding hydrogens is 288 g/mol. The van der Waals surface area contributed by atoms with Gasteiger partial charge in [0.05, 0.1) is 12.9 Å². The van der Waals surface area contributed by atoms with Gasteiger partial charge in [0.15, 0.2) is 16.4 Å². The van der Waals surface area contributed by atoms with Crippen molar-refractivity contribution in [1.82, 2.24) is 19.2 Å². The molecule has 2 aromatic heterocycles. The summed E-state index contributed by atoms with van der Waals surface area (Å²) >= 11 is 5.51. The molecule has 0 spiro atoms. The Hall–Kier alpha value is -1.44. The number of hydrogen-bond donors (Lipinski definition) is 0. The lowest BCUT2D eigenvalue weighted by Gasteiger charge is -2.15. The molecule has 0 aromatic carbocycles. The van der Waals surface area contributed by atoms with Crippen molar-refractivity contribution < 1.29 is 9.15 Å². The standard InChI is InChI=1S/C14H22N4O2S/c1-4-17-13(12-7-5-10-20-12)15-18(14(17)21)11-16(2)8-6-9-19-3/h5,7,10H,4,6,8-9,11H2,1-3H3. The third-order valence-corrected chi connectivity index (χ3v) is 3.68. The van der Waals surface area contributed by atoms with Gasteiger partial charge in [0.1, 0.15) is 0 Å². The minimum Gasteiger partial charge on any atom is -0.461 e. The van der Waals surface area contributed by atoms with Crippen LogP contribution in [0.25, 0.3) is 11.6 Å². The molecule has 2 heterocycles. The maximum absolute atomic E-state index is 5.51. The Kier molecular flexibility index (Phi) is 5.72. The van der Waals surface area contributed by atoms with E-state index in [1.807, 2.05) is 21.4 Å². The van der Waals surface area contributed by atoms with Gasteiger partial charge >= 0.3 is 0 Å². The molecule has 0 aliphatic heterocycles. The highest BCUT2D eigenvalue weighted by molar-refractivity contribution is 7.71. The lowest BCUT2D eigenvalue weighted by molar-refractivity contribution is 0.168. The third-order valence-electron chi connectivity index (χ3n) is 3.24. The predicted molar refractivity (Wildman–Crippen MR) is 83.6 cm³/mol. The van der Waals surface area contributed by atoms with Crippen molar-refractivity contribution in [1.29, 1.82) is 0 Å². The minimum absolute atomic E-state index is 0.656. The molecule has 0 N–H and O–H groups in total. The predicted octanol–water partition coefficient (Wildman–Crippen LogP) is 2.62. The number of rotatable bonds is 8. The zero-order valence-electron chi connectivity index (χ0n) is 12.8. The molecule has 21 heavy (non-hydrogen) atoms. The third kappa shape index (κ3) is 3.81. The minimum atomic E-state index is 0.656. The summed E-state index contributed by atoms with van der Waals surface area (Å²) in [5.74, 6) is 1.52. The molecule has 0 radical (unpaired) electrons. The molecule has 0 aliphatic rings. The van der Waals surface area contributed by atoms with Crippen LogP contribution < -0.4 is 0 Å². The monoisotopic (exact) mass is 310 g/mol. The highest BCUT2D eigenvalue weighted by Crippen LogP contribution is 2.18. The van der Waals surface area contributed by atoms with E-state index >= 15 is 0 Å². The van der Waals surface area contributed by atoms with Crippen molar-refractivity contribution >= 4 is 12.2 Å². The number of methoxy groups -OCH3 is 1. The van der Waals surface area contributed by atoms with E-state index in [0.717, 1.165) is 37.7 Å². The molecule has 0 saturated heterocycles. The first-order chi connectivity index (χ1) is 10.2. The van der Waals surface area contributed by atoms with Crippen LogP contribution in [0.3, 0.4) is 0 Å². The first-order valence-electron chi connectivity index (χ1n) is 7.06. The van der Waals surface area contributed by atoms with Gasteiger partial charge in [-0.3, -0.25) is 9.47 Å². The molecule has 0 atom stereocenters. The van der Waals surface area contributed by atoms with Crippen LogP contribution in [0.4, 0.5) is 0 Å². The van der Waals surface area contributed by atoms with E-state index < -0.39 is 0 Å². The van der Waals surface area contributed by atoms with Crippen LogP contribution in [0, 0.1) is 4.77 Å². The first-order valence-corrected chi connectivity index (χ1v) is 7.47. The molecule has 0 unspecified atom stereocenters. The van der Waals surface area contributed by atoms with Gasteiger partial charge in [-0.25, -0.2) is 4.68 Å². The Morgan fingerprint density at radius 3 is 2.90 bits per heavy atom. The van der Waals surface area contributed by atoms with Gasteiger partial charge in [0.25, 0.3) is 0 Å². The molecule has 116 valence electrons. The van der Waals surface area contributed by atoms with Gasteiger partial charge in [-0.2, -0.15) is 0 Å². The number of ether oxygens (including phenoxy) is 1. The molecule has 6 nitrogen and oxygen atoms in total. The second-order valence-corrected chi connectivity index (χ2v) is 5.26. The molecule has 0 bridgehead atoms. The van der Waals surface area contributed by atoms with E-state index in [-0.39, 0.29) is 0 Å². The van der Waals surface area contributed by atoms with Crippen LogP contribution in [0.2, 0.25) is 0 Å². The number of nitrogens with zero attached hydrogens (tertiary/aromatic N) is 4. The van der Waals surface area contributed by atoms with Crippen LogP contribution in [-0.4, -0.2) is 46.6 Å². The van der Waals surface area contributed by atoms with Gasteiger partial charge in [-0.05, 0) is 44.7 Å². The van der Waals surface area contributed by atoms with Crippen LogP contribution in [0.1, 0.15) is 13.3 Å². The van der Waals surface area contributed by atoms with E-state index in [2.05, 4.69) is 24.0 Å². The van der Waals surface area contributed by atoms with Crippen LogP contribution >= 0.6 is 12.2 Å². The Morgan fingerprint density at radius 1 is 1.48 bits per heavy atom. The average molecular weight is 310 g/mol. The molecule has 0 fully saturated rings. The van der Waals surface area contributed by atoms with E-state index in [4.69, 9.17) is 21.4 Å². The van der Waals surface area contributed by atoms with Crippen LogP contribution in [0.5, 0.6) is 0 Å². The fourth-order valence-corrected chi connectivity index (χ4v) is 2.50. The highest BCUT2D eigenvalue weighted by atomic mass is 32.1. The van der Waals surface area contributed by atoms with Gasteiger partial charge in [0, 0.05) is 26.8 Å². The molecule has 0 aliphatic carbocycles. The summed E-state index contributed by atoms with van der Waals surface area (Å²) in [6, 6.07) is 3.75. The second kappa shape index (κ2) is 7.53. The first kappa shape index (κ1) is 15.9. The largest absolute Gasteiger partial charge is 0.461 e. The van der Waals surface area contributed by atoms with Gasteiger partial charge in [-0.1, -0.05) is 0 Å².